The van der Waals surface area contributed by atoms with E-state index >= 15 is 0 Å². The summed E-state index contributed by atoms with van der Waals surface area (Å²) in [5.41, 5.74) is 3.62. The number of para-hydroxylation sites is 2. The van der Waals surface area contributed by atoms with Gasteiger partial charge < -0.3 is 34.3 Å². The van der Waals surface area contributed by atoms with Crippen LogP contribution in [0.1, 0.15) is 35.9 Å². The molecular weight excluding hydrogens is 518 g/mol. The van der Waals surface area contributed by atoms with Crippen molar-refractivity contribution < 1.29 is 33.4 Å². The molecule has 0 saturated heterocycles. The average Bonchev–Trinajstić information content (AvgIpc) is 3.35. The van der Waals surface area contributed by atoms with Crippen molar-refractivity contribution in [2.24, 2.45) is 0 Å². The molecule has 0 radical (unpaired) electrons. The number of nitro benzene ring substituents is 1. The molecular formula is C29H27N3O8. The van der Waals surface area contributed by atoms with E-state index in [9.17, 15) is 14.9 Å². The van der Waals surface area contributed by atoms with Crippen molar-refractivity contribution in [1.29, 1.82) is 0 Å². The van der Waals surface area contributed by atoms with Crippen molar-refractivity contribution in [3.63, 3.8) is 0 Å². The molecule has 11 nitrogen and oxygen atoms in total. The van der Waals surface area contributed by atoms with Gasteiger partial charge in [0.1, 0.15) is 0 Å². The maximum atomic E-state index is 14.0. The molecule has 0 aromatic heterocycles. The number of ketones is 1. The smallest absolute Gasteiger partial charge is 0.279 e. The van der Waals surface area contributed by atoms with Crippen LogP contribution in [0.25, 0.3) is 0 Å². The Morgan fingerprint density at radius 1 is 0.925 bits per heavy atom. The molecule has 2 N–H and O–H groups in total. The molecule has 0 amide bonds. The zero-order valence-electron chi connectivity index (χ0n) is 22.1. The number of methoxy groups -OCH3 is 3. The van der Waals surface area contributed by atoms with Gasteiger partial charge in [-0.05, 0) is 48.2 Å². The third-order valence-corrected chi connectivity index (χ3v) is 7.50. The van der Waals surface area contributed by atoms with Crippen LogP contribution >= 0.6 is 0 Å². The van der Waals surface area contributed by atoms with Crippen molar-refractivity contribution in [2.75, 3.05) is 38.8 Å². The first kappa shape index (κ1) is 25.4. The molecule has 11 heteroatoms. The van der Waals surface area contributed by atoms with E-state index in [2.05, 4.69) is 10.6 Å². The Kier molecular flexibility index (Phi) is 6.33. The average molecular weight is 546 g/mol. The van der Waals surface area contributed by atoms with Gasteiger partial charge in [0.15, 0.2) is 28.8 Å². The zero-order valence-corrected chi connectivity index (χ0v) is 22.1. The van der Waals surface area contributed by atoms with Gasteiger partial charge in [-0.2, -0.15) is 0 Å². The van der Waals surface area contributed by atoms with Crippen molar-refractivity contribution in [1.82, 2.24) is 0 Å². The lowest BCUT2D eigenvalue weighted by Crippen LogP contribution is -2.27. The standard InChI is InChI=1S/C29H27N3O8/c1-36-25-10-16(11-26(37-2)29(25)38-3)15-8-20-27(22(33)9-15)28(31-19-7-5-4-6-18(19)30-20)17-12-23-24(40-14-39-23)13-21(17)32(34)35/h4-7,10-13,15,28,30-31H,8-9,14H2,1-3H3. The molecule has 3 aliphatic rings. The van der Waals surface area contributed by atoms with Gasteiger partial charge in [-0.15, -0.1) is 0 Å². The molecule has 2 unspecified atom stereocenters. The maximum Gasteiger partial charge on any atom is 0.279 e. The van der Waals surface area contributed by atoms with Crippen molar-refractivity contribution in [3.05, 3.63) is 81.0 Å². The van der Waals surface area contributed by atoms with Gasteiger partial charge in [0.2, 0.25) is 12.5 Å². The molecule has 6 rings (SSSR count). The van der Waals surface area contributed by atoms with Gasteiger partial charge in [0.05, 0.1) is 55.3 Å². The molecule has 0 bridgehead atoms. The van der Waals surface area contributed by atoms with Crippen LogP contribution in [-0.2, 0) is 4.79 Å². The number of ether oxygens (including phenoxy) is 5. The lowest BCUT2D eigenvalue weighted by molar-refractivity contribution is -0.385. The highest BCUT2D eigenvalue weighted by Gasteiger charge is 2.40. The summed E-state index contributed by atoms with van der Waals surface area (Å²) < 4.78 is 27.5. The highest BCUT2D eigenvalue weighted by atomic mass is 16.7. The summed E-state index contributed by atoms with van der Waals surface area (Å²) in [4.78, 5) is 25.7. The minimum atomic E-state index is -0.797. The Morgan fingerprint density at radius 2 is 1.60 bits per heavy atom. The van der Waals surface area contributed by atoms with E-state index in [4.69, 9.17) is 23.7 Å². The Morgan fingerprint density at radius 3 is 2.25 bits per heavy atom. The van der Waals surface area contributed by atoms with E-state index in [1.807, 2.05) is 36.4 Å². The van der Waals surface area contributed by atoms with Crippen LogP contribution in [-0.4, -0.2) is 38.8 Å². The fourth-order valence-corrected chi connectivity index (χ4v) is 5.63. The van der Waals surface area contributed by atoms with Gasteiger partial charge in [-0.1, -0.05) is 12.1 Å². The molecule has 2 aliphatic heterocycles. The summed E-state index contributed by atoms with van der Waals surface area (Å²) in [6.07, 6.45) is 0.663. The quantitative estimate of drug-likeness (QED) is 0.310. The zero-order chi connectivity index (χ0) is 28.0. The third kappa shape index (κ3) is 4.19. The molecule has 0 spiro atoms. The summed E-state index contributed by atoms with van der Waals surface area (Å²) in [6.45, 7) is -0.0260. The lowest BCUT2D eigenvalue weighted by atomic mass is 9.78. The van der Waals surface area contributed by atoms with Gasteiger partial charge in [-0.3, -0.25) is 14.9 Å². The van der Waals surface area contributed by atoms with Crippen molar-refractivity contribution >= 4 is 22.8 Å². The number of hydrogen-bond donors (Lipinski definition) is 2. The van der Waals surface area contributed by atoms with Crippen LogP contribution < -0.4 is 34.3 Å². The van der Waals surface area contributed by atoms with Crippen LogP contribution in [0, 0.1) is 10.1 Å². The maximum absolute atomic E-state index is 14.0. The molecule has 0 fully saturated rings. The monoisotopic (exact) mass is 545 g/mol. The number of nitro groups is 1. The number of nitrogens with zero attached hydrogens (tertiary/aromatic N) is 1. The molecule has 206 valence electrons. The number of nitrogens with one attached hydrogen (secondary N) is 2. The first-order valence-electron chi connectivity index (χ1n) is 12.7. The number of anilines is 2. The molecule has 2 atom stereocenters. The molecule has 3 aromatic carbocycles. The summed E-state index contributed by atoms with van der Waals surface area (Å²) in [7, 11) is 4.63. The highest BCUT2D eigenvalue weighted by Crippen LogP contribution is 2.49. The number of fused-ring (bicyclic) bond motifs is 2. The van der Waals surface area contributed by atoms with Gasteiger partial charge in [-0.25, -0.2) is 0 Å². The number of benzene rings is 3. The summed E-state index contributed by atoms with van der Waals surface area (Å²) >= 11 is 0. The number of carbonyl (C=O) groups is 1. The van der Waals surface area contributed by atoms with Crippen LogP contribution in [0.4, 0.5) is 17.1 Å². The van der Waals surface area contributed by atoms with E-state index in [0.29, 0.717) is 57.7 Å². The van der Waals surface area contributed by atoms with Crippen LogP contribution in [0.3, 0.4) is 0 Å². The Hall–Kier alpha value is -4.93. The molecule has 0 saturated carbocycles. The molecule has 1 aliphatic carbocycles. The van der Waals surface area contributed by atoms with Gasteiger partial charge in [0, 0.05) is 17.7 Å². The predicted octanol–water partition coefficient (Wildman–Crippen LogP) is 5.33. The number of allylic oxidation sites excluding steroid dienone is 1. The topological polar surface area (TPSA) is 130 Å². The Labute approximate surface area is 229 Å². The highest BCUT2D eigenvalue weighted by molar-refractivity contribution is 6.01. The van der Waals surface area contributed by atoms with E-state index in [-0.39, 0.29) is 30.6 Å². The van der Waals surface area contributed by atoms with Crippen LogP contribution in [0.5, 0.6) is 28.7 Å². The normalized spacial score (nSPS) is 19.0. The van der Waals surface area contributed by atoms with E-state index in [1.165, 1.54) is 13.2 Å². The van der Waals surface area contributed by atoms with Gasteiger partial charge >= 0.3 is 0 Å². The summed E-state index contributed by atoms with van der Waals surface area (Å²) in [6, 6.07) is 13.4. The van der Waals surface area contributed by atoms with Gasteiger partial charge in [0.25, 0.3) is 5.69 Å². The Bertz CT molecular complexity index is 1540. The molecule has 2 heterocycles. The number of hydrogen-bond acceptors (Lipinski definition) is 10. The van der Waals surface area contributed by atoms with E-state index < -0.39 is 11.0 Å². The second-order valence-electron chi connectivity index (χ2n) is 9.65. The number of rotatable bonds is 6. The number of carbonyl (C=O) groups excluding carboxylic acids is 1. The SMILES string of the molecule is COc1cc(C2CC(=O)C3=C(C2)Nc2ccccc2NC3c2cc3c(cc2[N+](=O)[O-])OCO3)cc(OC)c1OC. The van der Waals surface area contributed by atoms with Crippen LogP contribution in [0.2, 0.25) is 0 Å². The van der Waals surface area contributed by atoms with Crippen molar-refractivity contribution in [2.45, 2.75) is 24.8 Å². The largest absolute Gasteiger partial charge is 0.493 e. The molecule has 3 aromatic rings. The number of Topliss-reactive ketones (excluding diaryl/α,β-unsaturated/α-hetero) is 1. The first-order valence-corrected chi connectivity index (χ1v) is 12.7. The Balaban J connectivity index is 1.49. The van der Waals surface area contributed by atoms with E-state index in [0.717, 1.165) is 11.3 Å². The van der Waals surface area contributed by atoms with E-state index in [1.54, 1.807) is 20.3 Å². The lowest BCUT2D eigenvalue weighted by Gasteiger charge is -2.30. The predicted molar refractivity (Wildman–Crippen MR) is 146 cm³/mol. The second kappa shape index (κ2) is 9.99. The summed E-state index contributed by atoms with van der Waals surface area (Å²) in [5, 5.41) is 19.0. The fourth-order valence-electron chi connectivity index (χ4n) is 5.63. The second-order valence-corrected chi connectivity index (χ2v) is 9.65. The van der Waals surface area contributed by atoms with Crippen LogP contribution in [0.15, 0.2) is 59.8 Å². The third-order valence-electron chi connectivity index (χ3n) is 7.50. The first-order chi connectivity index (χ1) is 19.4. The minimum absolute atomic E-state index is 0.0260. The minimum Gasteiger partial charge on any atom is -0.493 e. The molecule has 40 heavy (non-hydrogen) atoms. The summed E-state index contributed by atoms with van der Waals surface area (Å²) in [5.74, 6) is 1.83. The van der Waals surface area contributed by atoms with Crippen molar-refractivity contribution in [3.8, 4) is 28.7 Å². The fraction of sp³-hybridized carbons (Fsp3) is 0.276.